The summed E-state index contributed by atoms with van der Waals surface area (Å²) < 4.78 is 13.3. The maximum absolute atomic E-state index is 5.93. The van der Waals surface area contributed by atoms with Crippen LogP contribution in [0.4, 0.5) is 0 Å². The Kier molecular flexibility index (Phi) is 6.08. The summed E-state index contributed by atoms with van der Waals surface area (Å²) in [6.45, 7) is 1.07. The number of rotatable bonds is 6. The summed E-state index contributed by atoms with van der Waals surface area (Å²) in [4.78, 5) is 0. The van der Waals surface area contributed by atoms with Crippen LogP contribution in [0.3, 0.4) is 0 Å². The fourth-order valence-electron chi connectivity index (χ4n) is 1.99. The zero-order chi connectivity index (χ0) is 15.2. The average molecular weight is 415 g/mol. The summed E-state index contributed by atoms with van der Waals surface area (Å²) in [5.74, 6) is 1.41. The Labute approximate surface area is 141 Å². The molecule has 2 aromatic carbocycles. The summed E-state index contributed by atoms with van der Waals surface area (Å²) in [7, 11) is 1.64. The second-order valence-electron chi connectivity index (χ2n) is 4.53. The average Bonchev–Trinajstić information content (AvgIpc) is 2.47. The van der Waals surface area contributed by atoms with Crippen LogP contribution in [0.2, 0.25) is 0 Å². The fraction of sp³-hybridized carbons (Fsp3) is 0.250. The van der Waals surface area contributed by atoms with Gasteiger partial charge in [-0.1, -0.05) is 34.1 Å². The first kappa shape index (κ1) is 16.3. The minimum atomic E-state index is 0.465. The Morgan fingerprint density at radius 1 is 1.10 bits per heavy atom. The summed E-state index contributed by atoms with van der Waals surface area (Å²) in [6.07, 6.45) is 0.805. The molecule has 0 radical (unpaired) electrons. The van der Waals surface area contributed by atoms with Crippen LogP contribution < -0.4 is 15.2 Å². The lowest BCUT2D eigenvalue weighted by Gasteiger charge is -2.15. The monoisotopic (exact) mass is 413 g/mol. The van der Waals surface area contributed by atoms with E-state index >= 15 is 0 Å². The third-order valence-corrected chi connectivity index (χ3v) is 4.41. The van der Waals surface area contributed by atoms with Gasteiger partial charge in [0.2, 0.25) is 0 Å². The van der Waals surface area contributed by atoms with Crippen molar-refractivity contribution in [2.75, 3.05) is 13.7 Å². The molecule has 0 spiro atoms. The molecule has 0 aliphatic rings. The molecule has 21 heavy (non-hydrogen) atoms. The van der Waals surface area contributed by atoms with E-state index < -0.39 is 0 Å². The molecule has 2 N–H and O–H groups in total. The van der Waals surface area contributed by atoms with Crippen molar-refractivity contribution in [2.24, 2.45) is 5.73 Å². The highest BCUT2D eigenvalue weighted by Crippen LogP contribution is 2.37. The lowest BCUT2D eigenvalue weighted by atomic mass is 10.1. The molecule has 112 valence electrons. The van der Waals surface area contributed by atoms with E-state index in [4.69, 9.17) is 15.2 Å². The summed E-state index contributed by atoms with van der Waals surface area (Å²) in [6, 6.07) is 12.0. The number of ether oxygens (including phenoxy) is 2. The standard InChI is InChI=1S/C16H17Br2NO2/c1-20-15-9-11(6-7-19)8-14(18)16(15)21-10-12-4-2-3-5-13(12)17/h2-5,8-9H,6-7,10,19H2,1H3. The zero-order valence-corrected chi connectivity index (χ0v) is 14.9. The van der Waals surface area contributed by atoms with Crippen LogP contribution >= 0.6 is 31.9 Å². The van der Waals surface area contributed by atoms with E-state index in [1.54, 1.807) is 7.11 Å². The van der Waals surface area contributed by atoms with Gasteiger partial charge >= 0.3 is 0 Å². The molecule has 0 aliphatic heterocycles. The summed E-state index contributed by atoms with van der Waals surface area (Å²) in [5.41, 5.74) is 7.80. The van der Waals surface area contributed by atoms with Crippen molar-refractivity contribution in [3.05, 3.63) is 56.5 Å². The van der Waals surface area contributed by atoms with Crippen LogP contribution in [0.1, 0.15) is 11.1 Å². The molecule has 0 heterocycles. The molecule has 0 saturated heterocycles. The number of benzene rings is 2. The van der Waals surface area contributed by atoms with Gasteiger partial charge in [-0.2, -0.15) is 0 Å². The van der Waals surface area contributed by atoms with Crippen LogP contribution in [-0.4, -0.2) is 13.7 Å². The van der Waals surface area contributed by atoms with Crippen molar-refractivity contribution in [1.82, 2.24) is 0 Å². The maximum Gasteiger partial charge on any atom is 0.175 e. The number of hydrogen-bond donors (Lipinski definition) is 1. The molecule has 0 unspecified atom stereocenters. The molecule has 0 atom stereocenters. The van der Waals surface area contributed by atoms with Gasteiger partial charge in [0.05, 0.1) is 11.6 Å². The van der Waals surface area contributed by atoms with Crippen LogP contribution in [0, 0.1) is 0 Å². The number of halogens is 2. The van der Waals surface area contributed by atoms with E-state index in [-0.39, 0.29) is 0 Å². The number of hydrogen-bond acceptors (Lipinski definition) is 3. The first-order valence-electron chi connectivity index (χ1n) is 6.58. The highest BCUT2D eigenvalue weighted by Gasteiger charge is 2.12. The van der Waals surface area contributed by atoms with Crippen molar-refractivity contribution in [3.63, 3.8) is 0 Å². The number of methoxy groups -OCH3 is 1. The second-order valence-corrected chi connectivity index (χ2v) is 6.24. The Bertz CT molecular complexity index is 617. The fourth-order valence-corrected chi connectivity index (χ4v) is 2.99. The number of nitrogens with two attached hydrogens (primary N) is 1. The highest BCUT2D eigenvalue weighted by atomic mass is 79.9. The molecule has 0 bridgehead atoms. The highest BCUT2D eigenvalue weighted by molar-refractivity contribution is 9.10. The van der Waals surface area contributed by atoms with Gasteiger partial charge in [-0.25, -0.2) is 0 Å². The summed E-state index contributed by atoms with van der Waals surface area (Å²) in [5, 5.41) is 0. The molecule has 0 saturated carbocycles. The minimum absolute atomic E-state index is 0.465. The van der Waals surface area contributed by atoms with Gasteiger partial charge in [0.25, 0.3) is 0 Å². The first-order valence-corrected chi connectivity index (χ1v) is 8.17. The SMILES string of the molecule is COc1cc(CCN)cc(Br)c1OCc1ccccc1Br. The quantitative estimate of drug-likeness (QED) is 0.766. The molecule has 0 fully saturated rings. The van der Waals surface area contributed by atoms with Crippen LogP contribution in [-0.2, 0) is 13.0 Å². The lowest BCUT2D eigenvalue weighted by Crippen LogP contribution is -2.04. The molecule has 3 nitrogen and oxygen atoms in total. The first-order chi connectivity index (χ1) is 10.2. The second kappa shape index (κ2) is 7.82. The minimum Gasteiger partial charge on any atom is -0.493 e. The van der Waals surface area contributed by atoms with Gasteiger partial charge in [-0.3, -0.25) is 0 Å². The van der Waals surface area contributed by atoms with Crippen LogP contribution in [0.15, 0.2) is 45.3 Å². The van der Waals surface area contributed by atoms with Gasteiger partial charge in [0, 0.05) is 10.0 Å². The Hall–Kier alpha value is -1.04. The molecule has 2 aromatic rings. The van der Waals surface area contributed by atoms with Gasteiger partial charge in [-0.15, -0.1) is 0 Å². The molecular formula is C16H17Br2NO2. The van der Waals surface area contributed by atoms with Crippen LogP contribution in [0.25, 0.3) is 0 Å². The topological polar surface area (TPSA) is 44.5 Å². The van der Waals surface area contributed by atoms with Crippen molar-refractivity contribution >= 4 is 31.9 Å². The lowest BCUT2D eigenvalue weighted by molar-refractivity contribution is 0.282. The largest absolute Gasteiger partial charge is 0.493 e. The van der Waals surface area contributed by atoms with E-state index in [9.17, 15) is 0 Å². The van der Waals surface area contributed by atoms with Crippen molar-refractivity contribution in [3.8, 4) is 11.5 Å². The van der Waals surface area contributed by atoms with Gasteiger partial charge in [0.1, 0.15) is 6.61 Å². The smallest absolute Gasteiger partial charge is 0.175 e. The predicted molar refractivity (Wildman–Crippen MR) is 91.9 cm³/mol. The van der Waals surface area contributed by atoms with E-state index in [1.807, 2.05) is 36.4 Å². The normalized spacial score (nSPS) is 10.5. The van der Waals surface area contributed by atoms with E-state index in [0.717, 1.165) is 26.5 Å². The zero-order valence-electron chi connectivity index (χ0n) is 11.7. The van der Waals surface area contributed by atoms with Crippen molar-refractivity contribution < 1.29 is 9.47 Å². The van der Waals surface area contributed by atoms with Gasteiger partial charge in [0.15, 0.2) is 11.5 Å². The van der Waals surface area contributed by atoms with Crippen molar-refractivity contribution in [1.29, 1.82) is 0 Å². The Morgan fingerprint density at radius 2 is 1.86 bits per heavy atom. The molecule has 0 aromatic heterocycles. The molecule has 0 amide bonds. The third kappa shape index (κ3) is 4.22. The van der Waals surface area contributed by atoms with E-state index in [2.05, 4.69) is 31.9 Å². The third-order valence-electron chi connectivity index (χ3n) is 3.05. The van der Waals surface area contributed by atoms with E-state index in [0.29, 0.717) is 24.7 Å². The Balaban J connectivity index is 2.21. The maximum atomic E-state index is 5.93. The molecular weight excluding hydrogens is 398 g/mol. The van der Waals surface area contributed by atoms with Gasteiger partial charge < -0.3 is 15.2 Å². The summed E-state index contributed by atoms with van der Waals surface area (Å²) >= 11 is 7.06. The Morgan fingerprint density at radius 3 is 2.52 bits per heavy atom. The predicted octanol–water partition coefficient (Wildman–Crippen LogP) is 4.30. The van der Waals surface area contributed by atoms with Gasteiger partial charge in [-0.05, 0) is 52.7 Å². The van der Waals surface area contributed by atoms with Crippen LogP contribution in [0.5, 0.6) is 11.5 Å². The molecule has 5 heteroatoms. The van der Waals surface area contributed by atoms with E-state index in [1.165, 1.54) is 0 Å². The van der Waals surface area contributed by atoms with Crippen molar-refractivity contribution in [2.45, 2.75) is 13.0 Å². The molecule has 0 aliphatic carbocycles. The molecule has 2 rings (SSSR count).